The molecule has 1 heterocycles. The average Bonchev–Trinajstić information content (AvgIpc) is 2.64. The van der Waals surface area contributed by atoms with Crippen LogP contribution in [0, 0.1) is 0 Å². The van der Waals surface area contributed by atoms with E-state index in [4.69, 9.17) is 15.8 Å². The van der Waals surface area contributed by atoms with Crippen molar-refractivity contribution in [2.24, 2.45) is 5.73 Å². The second-order valence-corrected chi connectivity index (χ2v) is 4.40. The SMILES string of the molecule is NC1CCN(Cc2cccc(B(O)O)c2)C1. The summed E-state index contributed by atoms with van der Waals surface area (Å²) in [5.41, 5.74) is 7.47. The summed E-state index contributed by atoms with van der Waals surface area (Å²) < 4.78 is 0. The van der Waals surface area contributed by atoms with Gasteiger partial charge in [0.05, 0.1) is 0 Å². The van der Waals surface area contributed by atoms with Crippen LogP contribution in [0.4, 0.5) is 0 Å². The van der Waals surface area contributed by atoms with Crippen LogP contribution in [0.5, 0.6) is 0 Å². The highest BCUT2D eigenvalue weighted by atomic mass is 16.4. The predicted octanol–water partition coefficient (Wildman–Crippen LogP) is -1.10. The van der Waals surface area contributed by atoms with Crippen LogP contribution in [-0.2, 0) is 6.54 Å². The molecular formula is C11H17BN2O2. The first kappa shape index (κ1) is 11.6. The van der Waals surface area contributed by atoms with E-state index < -0.39 is 7.12 Å². The summed E-state index contributed by atoms with van der Waals surface area (Å²) >= 11 is 0. The van der Waals surface area contributed by atoms with Crippen molar-refractivity contribution in [3.8, 4) is 0 Å². The molecule has 1 fully saturated rings. The molecule has 16 heavy (non-hydrogen) atoms. The maximum atomic E-state index is 9.07. The largest absolute Gasteiger partial charge is 0.488 e. The molecular weight excluding hydrogens is 203 g/mol. The molecule has 0 spiro atoms. The van der Waals surface area contributed by atoms with Gasteiger partial charge in [0.1, 0.15) is 0 Å². The number of likely N-dealkylation sites (tertiary alicyclic amines) is 1. The van der Waals surface area contributed by atoms with Crippen LogP contribution in [0.2, 0.25) is 0 Å². The van der Waals surface area contributed by atoms with E-state index >= 15 is 0 Å². The van der Waals surface area contributed by atoms with Crippen molar-refractivity contribution in [2.45, 2.75) is 19.0 Å². The smallest absolute Gasteiger partial charge is 0.423 e. The maximum Gasteiger partial charge on any atom is 0.488 e. The Morgan fingerprint density at radius 3 is 2.88 bits per heavy atom. The van der Waals surface area contributed by atoms with Crippen LogP contribution in [0.25, 0.3) is 0 Å². The third kappa shape index (κ3) is 2.83. The lowest BCUT2D eigenvalue weighted by Gasteiger charge is -2.15. The Labute approximate surface area is 95.8 Å². The summed E-state index contributed by atoms with van der Waals surface area (Å²) in [4.78, 5) is 2.29. The minimum Gasteiger partial charge on any atom is -0.423 e. The summed E-state index contributed by atoms with van der Waals surface area (Å²) in [5, 5.41) is 18.1. The zero-order valence-corrected chi connectivity index (χ0v) is 9.21. The third-order valence-corrected chi connectivity index (χ3v) is 2.96. The van der Waals surface area contributed by atoms with E-state index in [9.17, 15) is 0 Å². The highest BCUT2D eigenvalue weighted by Crippen LogP contribution is 2.11. The molecule has 1 aromatic carbocycles. The van der Waals surface area contributed by atoms with E-state index in [1.165, 1.54) is 0 Å². The number of nitrogens with two attached hydrogens (primary N) is 1. The molecule has 1 aliphatic rings. The van der Waals surface area contributed by atoms with E-state index in [1.54, 1.807) is 6.07 Å². The van der Waals surface area contributed by atoms with Gasteiger partial charge in [-0.2, -0.15) is 0 Å². The molecule has 1 atom stereocenters. The highest BCUT2D eigenvalue weighted by Gasteiger charge is 2.19. The Bertz CT molecular complexity index is 360. The average molecular weight is 220 g/mol. The summed E-state index contributed by atoms with van der Waals surface area (Å²) in [6.07, 6.45) is 1.04. The Kier molecular flexibility index (Phi) is 3.61. The van der Waals surface area contributed by atoms with E-state index in [0.717, 1.165) is 31.6 Å². The fraction of sp³-hybridized carbons (Fsp3) is 0.455. The summed E-state index contributed by atoms with van der Waals surface area (Å²) in [7, 11) is -1.39. The van der Waals surface area contributed by atoms with E-state index in [-0.39, 0.29) is 6.04 Å². The molecule has 1 aliphatic heterocycles. The van der Waals surface area contributed by atoms with Gasteiger partial charge >= 0.3 is 7.12 Å². The fourth-order valence-corrected chi connectivity index (χ4v) is 2.12. The third-order valence-electron chi connectivity index (χ3n) is 2.96. The Balaban J connectivity index is 2.01. The molecule has 0 aliphatic carbocycles. The predicted molar refractivity (Wildman–Crippen MR) is 64.1 cm³/mol. The van der Waals surface area contributed by atoms with Gasteiger partial charge in [-0.05, 0) is 17.4 Å². The minimum absolute atomic E-state index is 0.284. The van der Waals surface area contributed by atoms with Crippen molar-refractivity contribution in [3.63, 3.8) is 0 Å². The lowest BCUT2D eigenvalue weighted by Crippen LogP contribution is -2.31. The molecule has 1 saturated heterocycles. The van der Waals surface area contributed by atoms with Gasteiger partial charge in [-0.1, -0.05) is 24.3 Å². The van der Waals surface area contributed by atoms with Crippen LogP contribution < -0.4 is 11.2 Å². The summed E-state index contributed by atoms with van der Waals surface area (Å²) in [5.74, 6) is 0. The van der Waals surface area contributed by atoms with E-state index in [0.29, 0.717) is 5.46 Å². The molecule has 1 unspecified atom stereocenters. The van der Waals surface area contributed by atoms with Crippen molar-refractivity contribution in [3.05, 3.63) is 29.8 Å². The zero-order valence-electron chi connectivity index (χ0n) is 9.21. The highest BCUT2D eigenvalue weighted by molar-refractivity contribution is 6.58. The van der Waals surface area contributed by atoms with Crippen molar-refractivity contribution in [1.29, 1.82) is 0 Å². The molecule has 1 aromatic rings. The molecule has 0 amide bonds. The van der Waals surface area contributed by atoms with Crippen molar-refractivity contribution in [2.75, 3.05) is 13.1 Å². The van der Waals surface area contributed by atoms with E-state index in [2.05, 4.69) is 4.90 Å². The first-order valence-electron chi connectivity index (χ1n) is 5.58. The second kappa shape index (κ2) is 4.97. The maximum absolute atomic E-state index is 9.07. The normalized spacial score (nSPS) is 21.3. The molecule has 4 N–H and O–H groups in total. The number of hydrogen-bond acceptors (Lipinski definition) is 4. The number of nitrogens with zero attached hydrogens (tertiary/aromatic N) is 1. The fourth-order valence-electron chi connectivity index (χ4n) is 2.12. The quantitative estimate of drug-likeness (QED) is 0.565. The number of hydrogen-bond donors (Lipinski definition) is 3. The lowest BCUT2D eigenvalue weighted by atomic mass is 9.79. The van der Waals surface area contributed by atoms with Crippen molar-refractivity contribution >= 4 is 12.6 Å². The molecule has 0 aromatic heterocycles. The Morgan fingerprint density at radius 1 is 1.44 bits per heavy atom. The molecule has 0 radical (unpaired) electrons. The molecule has 2 rings (SSSR count). The summed E-state index contributed by atoms with van der Waals surface area (Å²) in [6.45, 7) is 2.77. The summed E-state index contributed by atoms with van der Waals surface area (Å²) in [6, 6.07) is 7.67. The van der Waals surface area contributed by atoms with Gasteiger partial charge in [0.2, 0.25) is 0 Å². The van der Waals surface area contributed by atoms with Gasteiger partial charge in [-0.25, -0.2) is 0 Å². The minimum atomic E-state index is -1.39. The number of benzene rings is 1. The monoisotopic (exact) mass is 220 g/mol. The van der Waals surface area contributed by atoms with E-state index in [1.807, 2.05) is 18.2 Å². The van der Waals surface area contributed by atoms with Crippen LogP contribution in [0.3, 0.4) is 0 Å². The number of rotatable bonds is 3. The van der Waals surface area contributed by atoms with Gasteiger partial charge in [0.15, 0.2) is 0 Å². The van der Waals surface area contributed by atoms with Crippen LogP contribution in [0.15, 0.2) is 24.3 Å². The van der Waals surface area contributed by atoms with Gasteiger partial charge in [0.25, 0.3) is 0 Å². The van der Waals surface area contributed by atoms with Gasteiger partial charge in [-0.15, -0.1) is 0 Å². The van der Waals surface area contributed by atoms with Gasteiger partial charge < -0.3 is 15.8 Å². The van der Waals surface area contributed by atoms with Crippen LogP contribution >= 0.6 is 0 Å². The topological polar surface area (TPSA) is 69.7 Å². The molecule has 5 heteroatoms. The van der Waals surface area contributed by atoms with Crippen molar-refractivity contribution in [1.82, 2.24) is 4.90 Å². The Hall–Kier alpha value is -0.875. The van der Waals surface area contributed by atoms with Crippen LogP contribution in [0.1, 0.15) is 12.0 Å². The van der Waals surface area contributed by atoms with Crippen molar-refractivity contribution < 1.29 is 10.0 Å². The Morgan fingerprint density at radius 2 is 2.25 bits per heavy atom. The second-order valence-electron chi connectivity index (χ2n) is 4.40. The molecule has 4 nitrogen and oxygen atoms in total. The van der Waals surface area contributed by atoms with Crippen LogP contribution in [-0.4, -0.2) is 41.2 Å². The molecule has 86 valence electrons. The molecule has 0 saturated carbocycles. The lowest BCUT2D eigenvalue weighted by molar-refractivity contribution is 0.327. The first-order valence-corrected chi connectivity index (χ1v) is 5.58. The van der Waals surface area contributed by atoms with Gasteiger partial charge in [-0.3, -0.25) is 4.90 Å². The zero-order chi connectivity index (χ0) is 11.5. The van der Waals surface area contributed by atoms with Gasteiger partial charge in [0, 0.05) is 25.7 Å². The first-order chi connectivity index (χ1) is 7.65. The standard InChI is InChI=1S/C11H17BN2O2/c13-11-4-5-14(8-11)7-9-2-1-3-10(6-9)12(15)16/h1-3,6,11,15-16H,4-5,7-8,13H2. The molecule has 0 bridgehead atoms.